The zero-order chi connectivity index (χ0) is 21.2. The summed E-state index contributed by atoms with van der Waals surface area (Å²) in [5.41, 5.74) is 0.851. The zero-order valence-electron chi connectivity index (χ0n) is 15.2. The van der Waals surface area contributed by atoms with E-state index >= 15 is 0 Å². The molecule has 0 radical (unpaired) electrons. The lowest BCUT2D eigenvalue weighted by molar-refractivity contribution is -0.0258. The number of hydrogen-bond acceptors (Lipinski definition) is 6. The summed E-state index contributed by atoms with van der Waals surface area (Å²) in [5.74, 6) is -0.568. The summed E-state index contributed by atoms with van der Waals surface area (Å²) in [7, 11) is -1.63. The highest BCUT2D eigenvalue weighted by Gasteiger charge is 2.25. The lowest BCUT2D eigenvalue weighted by Crippen LogP contribution is -2.26. The Morgan fingerprint density at radius 2 is 1.97 bits per heavy atom. The fraction of sp³-hybridized carbons (Fsp3) is 0.118. The third-order valence-corrected chi connectivity index (χ3v) is 6.42. The second kappa shape index (κ2) is 8.47. The molecule has 3 aromatic rings. The molecule has 152 valence electrons. The van der Waals surface area contributed by atoms with Gasteiger partial charge in [-0.2, -0.15) is 5.10 Å². The Balaban J connectivity index is 1.98. The summed E-state index contributed by atoms with van der Waals surface area (Å²) in [5, 5.41) is 7.03. The monoisotopic (exact) mass is 455 g/mol. The van der Waals surface area contributed by atoms with Crippen molar-refractivity contribution in [2.45, 2.75) is 4.90 Å². The van der Waals surface area contributed by atoms with Crippen molar-refractivity contribution in [1.82, 2.24) is 19.2 Å². The van der Waals surface area contributed by atoms with Gasteiger partial charge in [-0.25, -0.2) is 18.1 Å². The van der Waals surface area contributed by atoms with Gasteiger partial charge in [-0.05, 0) is 30.3 Å². The summed E-state index contributed by atoms with van der Waals surface area (Å²) < 4.78 is 27.1. The normalized spacial score (nSPS) is 11.6. The van der Waals surface area contributed by atoms with Gasteiger partial charge in [0, 0.05) is 12.6 Å². The number of nitrogens with zero attached hydrogens (tertiary/aromatic N) is 4. The number of benzene rings is 2. The number of halogens is 2. The molecule has 1 amide bonds. The van der Waals surface area contributed by atoms with Gasteiger partial charge in [0.15, 0.2) is 0 Å². The minimum atomic E-state index is -4.04. The Labute approximate surface area is 176 Å². The molecule has 0 saturated carbocycles. The minimum absolute atomic E-state index is 0.0449. The van der Waals surface area contributed by atoms with Crippen molar-refractivity contribution in [2.75, 3.05) is 19.5 Å². The number of hydrogen-bond donors (Lipinski definition) is 1. The molecule has 2 aromatic carbocycles. The van der Waals surface area contributed by atoms with Crippen LogP contribution in [0.2, 0.25) is 10.0 Å². The van der Waals surface area contributed by atoms with Crippen LogP contribution in [0.3, 0.4) is 0 Å². The number of carbonyl (C=O) groups is 1. The van der Waals surface area contributed by atoms with Gasteiger partial charge in [-0.3, -0.25) is 9.63 Å². The summed E-state index contributed by atoms with van der Waals surface area (Å²) in [6.07, 6.45) is 2.77. The van der Waals surface area contributed by atoms with Crippen molar-refractivity contribution >= 4 is 44.8 Å². The molecule has 1 N–H and O–H groups in total. The molecule has 0 unspecified atom stereocenters. The average Bonchev–Trinajstić information content (AvgIpc) is 3.21. The molecule has 1 heterocycles. The van der Waals surface area contributed by atoms with E-state index in [0.29, 0.717) is 20.9 Å². The van der Waals surface area contributed by atoms with Crippen LogP contribution < -0.4 is 5.32 Å². The van der Waals surface area contributed by atoms with Gasteiger partial charge in [0.25, 0.3) is 15.9 Å². The van der Waals surface area contributed by atoms with Gasteiger partial charge in [0.2, 0.25) is 0 Å². The van der Waals surface area contributed by atoms with E-state index in [-0.39, 0.29) is 15.5 Å². The molecule has 12 heteroatoms. The molecule has 0 bridgehead atoms. The molecule has 9 nitrogen and oxygen atoms in total. The van der Waals surface area contributed by atoms with Crippen LogP contribution in [0, 0.1) is 0 Å². The maximum atomic E-state index is 12.8. The van der Waals surface area contributed by atoms with Crippen LogP contribution in [0.25, 0.3) is 5.69 Å². The fourth-order valence-corrected chi connectivity index (χ4v) is 4.18. The molecule has 0 aliphatic heterocycles. The van der Waals surface area contributed by atoms with Gasteiger partial charge in [-0.15, -0.1) is 0 Å². The van der Waals surface area contributed by atoms with Crippen LogP contribution in [0.1, 0.15) is 10.4 Å². The van der Waals surface area contributed by atoms with E-state index < -0.39 is 15.9 Å². The van der Waals surface area contributed by atoms with E-state index in [0.717, 1.165) is 0 Å². The Morgan fingerprint density at radius 3 is 2.62 bits per heavy atom. The predicted octanol–water partition coefficient (Wildman–Crippen LogP) is 3.01. The third kappa shape index (κ3) is 4.26. The smallest absolute Gasteiger partial charge is 0.266 e. The van der Waals surface area contributed by atoms with Crippen LogP contribution in [0.5, 0.6) is 0 Å². The van der Waals surface area contributed by atoms with E-state index in [9.17, 15) is 13.2 Å². The molecule has 0 aliphatic carbocycles. The topological polar surface area (TPSA) is 106 Å². The van der Waals surface area contributed by atoms with Crippen molar-refractivity contribution < 1.29 is 18.0 Å². The maximum absolute atomic E-state index is 12.8. The Bertz CT molecular complexity index is 1150. The van der Waals surface area contributed by atoms with Crippen molar-refractivity contribution in [3.8, 4) is 5.69 Å². The van der Waals surface area contributed by atoms with Crippen molar-refractivity contribution in [3.63, 3.8) is 0 Å². The van der Waals surface area contributed by atoms with Gasteiger partial charge < -0.3 is 5.32 Å². The van der Waals surface area contributed by atoms with Crippen LogP contribution in [-0.2, 0) is 14.9 Å². The van der Waals surface area contributed by atoms with Crippen molar-refractivity contribution in [3.05, 3.63) is 64.7 Å². The molecule has 3 rings (SSSR count). The quantitative estimate of drug-likeness (QED) is 0.572. The SMILES string of the molecule is CON(C)S(=O)(=O)c1cc(C(=O)Nc2cccc(Cl)c2-n2cncn2)ccc1Cl. The molecule has 0 atom stereocenters. The number of hydroxylamine groups is 1. The third-order valence-electron chi connectivity index (χ3n) is 3.95. The molecular formula is C17H15Cl2N5O4S. The first-order chi connectivity index (χ1) is 13.8. The van der Waals surface area contributed by atoms with E-state index in [1.54, 1.807) is 18.2 Å². The molecule has 0 saturated heterocycles. The van der Waals surface area contributed by atoms with Gasteiger partial charge >= 0.3 is 0 Å². The summed E-state index contributed by atoms with van der Waals surface area (Å²) in [6, 6.07) is 8.83. The standard InChI is InChI=1S/C17H15Cl2N5O4S/c1-23(28-2)29(26,27)15-8-11(6-7-12(15)18)17(25)22-14-5-3-4-13(19)16(14)24-10-20-9-21-24/h3-10H,1-2H3,(H,22,25). The number of amides is 1. The van der Waals surface area contributed by atoms with Gasteiger partial charge in [0.1, 0.15) is 23.2 Å². The number of rotatable bonds is 6. The number of nitrogens with one attached hydrogen (secondary N) is 1. The van der Waals surface area contributed by atoms with Gasteiger partial charge in [-0.1, -0.05) is 33.7 Å². The number of sulfonamides is 1. The highest BCUT2D eigenvalue weighted by atomic mass is 35.5. The van der Waals surface area contributed by atoms with Crippen LogP contribution >= 0.6 is 23.2 Å². The fourth-order valence-electron chi connectivity index (χ4n) is 2.45. The minimum Gasteiger partial charge on any atom is -0.320 e. The lowest BCUT2D eigenvalue weighted by atomic mass is 10.2. The molecular weight excluding hydrogens is 441 g/mol. The highest BCUT2D eigenvalue weighted by Crippen LogP contribution is 2.29. The number of carbonyl (C=O) groups excluding carboxylic acids is 1. The first-order valence-corrected chi connectivity index (χ1v) is 10.2. The molecule has 29 heavy (non-hydrogen) atoms. The predicted molar refractivity (Wildman–Crippen MR) is 108 cm³/mol. The Kier molecular flexibility index (Phi) is 6.20. The number of anilines is 1. The summed E-state index contributed by atoms with van der Waals surface area (Å²) in [6.45, 7) is 0. The zero-order valence-corrected chi connectivity index (χ0v) is 17.5. The van der Waals surface area contributed by atoms with E-state index in [2.05, 4.69) is 15.4 Å². The van der Waals surface area contributed by atoms with Crippen LogP contribution in [0.4, 0.5) is 5.69 Å². The largest absolute Gasteiger partial charge is 0.320 e. The number of aromatic nitrogens is 3. The molecule has 0 fully saturated rings. The lowest BCUT2D eigenvalue weighted by Gasteiger charge is -2.16. The highest BCUT2D eigenvalue weighted by molar-refractivity contribution is 7.89. The van der Waals surface area contributed by atoms with Gasteiger partial charge in [0.05, 0.1) is 22.8 Å². The van der Waals surface area contributed by atoms with Crippen LogP contribution in [-0.4, -0.2) is 47.7 Å². The van der Waals surface area contributed by atoms with Crippen molar-refractivity contribution in [2.24, 2.45) is 0 Å². The molecule has 0 aliphatic rings. The Hall–Kier alpha value is -2.50. The van der Waals surface area contributed by atoms with Crippen LogP contribution in [0.15, 0.2) is 53.9 Å². The van der Waals surface area contributed by atoms with E-state index in [1.165, 1.54) is 49.7 Å². The summed E-state index contributed by atoms with van der Waals surface area (Å²) in [4.78, 5) is 21.1. The van der Waals surface area contributed by atoms with E-state index in [4.69, 9.17) is 28.0 Å². The summed E-state index contributed by atoms with van der Waals surface area (Å²) >= 11 is 12.3. The molecule has 0 spiro atoms. The first-order valence-electron chi connectivity index (χ1n) is 8.03. The number of para-hydroxylation sites is 1. The Morgan fingerprint density at radius 1 is 1.21 bits per heavy atom. The van der Waals surface area contributed by atoms with Crippen molar-refractivity contribution in [1.29, 1.82) is 0 Å². The average molecular weight is 456 g/mol. The molecule has 1 aromatic heterocycles. The van der Waals surface area contributed by atoms with E-state index in [1.807, 2.05) is 0 Å². The second-order valence-electron chi connectivity index (χ2n) is 5.67. The first kappa shape index (κ1) is 21.2. The second-order valence-corrected chi connectivity index (χ2v) is 8.39. The maximum Gasteiger partial charge on any atom is 0.266 e.